The summed E-state index contributed by atoms with van der Waals surface area (Å²) in [7, 11) is 0. The molecule has 0 bridgehead atoms. The summed E-state index contributed by atoms with van der Waals surface area (Å²) >= 11 is 0. The van der Waals surface area contributed by atoms with Gasteiger partial charge in [-0.05, 0) is 38.8 Å². The third-order valence-electron chi connectivity index (χ3n) is 3.71. The minimum absolute atomic E-state index is 0.367. The van der Waals surface area contributed by atoms with Gasteiger partial charge in [-0.1, -0.05) is 26.2 Å². The summed E-state index contributed by atoms with van der Waals surface area (Å²) in [5.41, 5.74) is 5.14. The molecule has 0 radical (unpaired) electrons. The molecule has 0 spiro atoms. The zero-order valence-corrected chi connectivity index (χ0v) is 10.7. The molecule has 0 aromatic heterocycles. The third-order valence-corrected chi connectivity index (χ3v) is 3.71. The summed E-state index contributed by atoms with van der Waals surface area (Å²) in [4.78, 5) is 2.43. The number of nitrogens with two attached hydrogens (primary N) is 1. The average molecular weight is 228 g/mol. The van der Waals surface area contributed by atoms with Gasteiger partial charge in [0.15, 0.2) is 0 Å². The number of rotatable bonds is 7. The maximum atomic E-state index is 10.4. The van der Waals surface area contributed by atoms with E-state index in [1.54, 1.807) is 0 Å². The van der Waals surface area contributed by atoms with E-state index >= 15 is 0 Å². The number of likely N-dealkylation sites (tertiary alicyclic amines) is 1. The van der Waals surface area contributed by atoms with Crippen LogP contribution in [0.1, 0.15) is 51.9 Å². The van der Waals surface area contributed by atoms with Crippen molar-refractivity contribution in [2.45, 2.75) is 57.5 Å². The Morgan fingerprint density at radius 1 is 1.19 bits per heavy atom. The van der Waals surface area contributed by atoms with E-state index in [2.05, 4.69) is 11.8 Å². The average Bonchev–Trinajstić information content (AvgIpc) is 2.29. The van der Waals surface area contributed by atoms with Crippen LogP contribution in [0.2, 0.25) is 0 Å². The van der Waals surface area contributed by atoms with Gasteiger partial charge in [0.05, 0.1) is 5.60 Å². The van der Waals surface area contributed by atoms with Crippen LogP contribution in [0.4, 0.5) is 0 Å². The van der Waals surface area contributed by atoms with Gasteiger partial charge in [0.1, 0.15) is 0 Å². The Morgan fingerprint density at radius 2 is 1.88 bits per heavy atom. The monoisotopic (exact) mass is 228 g/mol. The molecule has 16 heavy (non-hydrogen) atoms. The molecule has 96 valence electrons. The topological polar surface area (TPSA) is 49.5 Å². The lowest BCUT2D eigenvalue weighted by Crippen LogP contribution is -2.44. The van der Waals surface area contributed by atoms with Crippen LogP contribution in [0.25, 0.3) is 0 Å². The molecule has 1 fully saturated rings. The minimum atomic E-state index is -0.367. The smallest absolute Gasteiger partial charge is 0.0672 e. The normalized spacial score (nSPS) is 21.2. The Labute approximate surface area is 100 Å². The number of piperidine rings is 1. The van der Waals surface area contributed by atoms with Crippen molar-refractivity contribution >= 4 is 0 Å². The molecule has 3 N–H and O–H groups in total. The zero-order chi connectivity index (χ0) is 11.9. The van der Waals surface area contributed by atoms with Crippen LogP contribution >= 0.6 is 0 Å². The molecule has 1 heterocycles. The van der Waals surface area contributed by atoms with Crippen molar-refractivity contribution in [3.8, 4) is 0 Å². The lowest BCUT2D eigenvalue weighted by molar-refractivity contribution is -0.0292. The molecule has 1 rings (SSSR count). The Morgan fingerprint density at radius 3 is 2.44 bits per heavy atom. The van der Waals surface area contributed by atoms with Gasteiger partial charge in [0.2, 0.25) is 0 Å². The van der Waals surface area contributed by atoms with Gasteiger partial charge >= 0.3 is 0 Å². The van der Waals surface area contributed by atoms with Crippen molar-refractivity contribution in [2.75, 3.05) is 26.2 Å². The summed E-state index contributed by atoms with van der Waals surface area (Å²) in [6.07, 6.45) is 7.62. The van der Waals surface area contributed by atoms with Crippen LogP contribution in [-0.4, -0.2) is 41.8 Å². The van der Waals surface area contributed by atoms with Crippen LogP contribution in [0, 0.1) is 0 Å². The molecule has 1 aliphatic rings. The van der Waals surface area contributed by atoms with Gasteiger partial charge in [0.25, 0.3) is 0 Å². The Balaban J connectivity index is 2.18. The Kier molecular flexibility index (Phi) is 6.32. The van der Waals surface area contributed by atoms with E-state index in [4.69, 9.17) is 5.73 Å². The molecule has 0 atom stereocenters. The van der Waals surface area contributed by atoms with E-state index in [1.807, 2.05) is 0 Å². The molecule has 0 aromatic rings. The van der Waals surface area contributed by atoms with Crippen LogP contribution in [-0.2, 0) is 0 Å². The summed E-state index contributed by atoms with van der Waals surface area (Å²) in [5, 5.41) is 10.4. The fraction of sp³-hybridized carbons (Fsp3) is 1.00. The highest BCUT2D eigenvalue weighted by Crippen LogP contribution is 2.27. The van der Waals surface area contributed by atoms with Gasteiger partial charge in [-0.3, -0.25) is 0 Å². The second-order valence-corrected chi connectivity index (χ2v) is 5.17. The van der Waals surface area contributed by atoms with Crippen molar-refractivity contribution in [2.24, 2.45) is 5.73 Å². The van der Waals surface area contributed by atoms with Gasteiger partial charge in [-0.15, -0.1) is 0 Å². The Hall–Kier alpha value is -0.120. The first kappa shape index (κ1) is 13.9. The van der Waals surface area contributed by atoms with Gasteiger partial charge in [-0.25, -0.2) is 0 Å². The maximum Gasteiger partial charge on any atom is 0.0672 e. The highest BCUT2D eigenvalue weighted by atomic mass is 16.3. The quantitative estimate of drug-likeness (QED) is 0.653. The molecule has 1 aliphatic heterocycles. The molecule has 0 unspecified atom stereocenters. The molecule has 0 amide bonds. The first-order valence-corrected chi connectivity index (χ1v) is 6.85. The summed E-state index contributed by atoms with van der Waals surface area (Å²) in [6.45, 7) is 6.17. The third kappa shape index (κ3) is 4.81. The van der Waals surface area contributed by atoms with E-state index in [1.165, 1.54) is 19.3 Å². The maximum absolute atomic E-state index is 10.4. The predicted molar refractivity (Wildman–Crippen MR) is 68.4 cm³/mol. The first-order chi connectivity index (χ1) is 7.70. The molecule has 0 aliphatic carbocycles. The largest absolute Gasteiger partial charge is 0.390 e. The van der Waals surface area contributed by atoms with Crippen molar-refractivity contribution in [3.63, 3.8) is 0 Å². The van der Waals surface area contributed by atoms with Crippen molar-refractivity contribution < 1.29 is 5.11 Å². The summed E-state index contributed by atoms with van der Waals surface area (Å²) in [5.74, 6) is 0. The van der Waals surface area contributed by atoms with E-state index in [0.717, 1.165) is 51.9 Å². The molecular formula is C13H28N2O. The SMILES string of the molecule is CCCCCC1(O)CCN(CCCN)CC1. The molecule has 1 saturated heterocycles. The van der Waals surface area contributed by atoms with Crippen LogP contribution in [0.3, 0.4) is 0 Å². The number of nitrogens with zero attached hydrogens (tertiary/aromatic N) is 1. The molecule has 0 saturated carbocycles. The number of unbranched alkanes of at least 4 members (excludes halogenated alkanes) is 2. The minimum Gasteiger partial charge on any atom is -0.390 e. The molecule has 3 heteroatoms. The van der Waals surface area contributed by atoms with E-state index in [9.17, 15) is 5.11 Å². The highest BCUT2D eigenvalue weighted by molar-refractivity contribution is 4.85. The van der Waals surface area contributed by atoms with Crippen LogP contribution in [0.15, 0.2) is 0 Å². The molecule has 3 nitrogen and oxygen atoms in total. The Bertz CT molecular complexity index is 177. The standard InChI is InChI=1S/C13H28N2O/c1-2-3-4-6-13(16)7-11-15(12-8-13)10-5-9-14/h16H,2-12,14H2,1H3. The van der Waals surface area contributed by atoms with Crippen LogP contribution < -0.4 is 5.73 Å². The molecule has 0 aromatic carbocycles. The second kappa shape index (κ2) is 7.25. The lowest BCUT2D eigenvalue weighted by Gasteiger charge is -2.38. The van der Waals surface area contributed by atoms with Crippen molar-refractivity contribution in [1.29, 1.82) is 0 Å². The van der Waals surface area contributed by atoms with Gasteiger partial charge in [0, 0.05) is 13.1 Å². The van der Waals surface area contributed by atoms with Gasteiger partial charge < -0.3 is 15.7 Å². The second-order valence-electron chi connectivity index (χ2n) is 5.17. The predicted octanol–water partition coefficient (Wildman–Crippen LogP) is 1.74. The van der Waals surface area contributed by atoms with E-state index in [0.29, 0.717) is 0 Å². The zero-order valence-electron chi connectivity index (χ0n) is 10.7. The van der Waals surface area contributed by atoms with Crippen molar-refractivity contribution in [3.05, 3.63) is 0 Å². The first-order valence-electron chi connectivity index (χ1n) is 6.85. The van der Waals surface area contributed by atoms with Gasteiger partial charge in [-0.2, -0.15) is 0 Å². The fourth-order valence-corrected chi connectivity index (χ4v) is 2.46. The highest BCUT2D eigenvalue weighted by Gasteiger charge is 2.31. The summed E-state index contributed by atoms with van der Waals surface area (Å²) in [6, 6.07) is 0. The summed E-state index contributed by atoms with van der Waals surface area (Å²) < 4.78 is 0. The number of aliphatic hydroxyl groups is 1. The van der Waals surface area contributed by atoms with Crippen molar-refractivity contribution in [1.82, 2.24) is 4.90 Å². The lowest BCUT2D eigenvalue weighted by atomic mass is 9.86. The number of hydrogen-bond acceptors (Lipinski definition) is 3. The van der Waals surface area contributed by atoms with E-state index < -0.39 is 0 Å². The van der Waals surface area contributed by atoms with Crippen LogP contribution in [0.5, 0.6) is 0 Å². The molecular weight excluding hydrogens is 200 g/mol. The number of hydrogen-bond donors (Lipinski definition) is 2. The fourth-order valence-electron chi connectivity index (χ4n) is 2.46. The van der Waals surface area contributed by atoms with E-state index in [-0.39, 0.29) is 5.60 Å².